The minimum atomic E-state index is -0.519. The maximum atomic E-state index is 12.7. The predicted octanol–water partition coefficient (Wildman–Crippen LogP) is 2.45. The minimum Gasteiger partial charge on any atom is -0.354 e. The number of nitrogens with one attached hydrogen (secondary N) is 1. The van der Waals surface area contributed by atoms with Gasteiger partial charge in [-0.1, -0.05) is 42.5 Å². The van der Waals surface area contributed by atoms with Gasteiger partial charge in [-0.05, 0) is 35.6 Å². The number of carbonyl (C=O) groups excluding carboxylic acids is 3. The molecule has 2 aliphatic heterocycles. The van der Waals surface area contributed by atoms with Gasteiger partial charge in [-0.15, -0.1) is 0 Å². The summed E-state index contributed by atoms with van der Waals surface area (Å²) in [5, 5.41) is 2.91. The van der Waals surface area contributed by atoms with Crippen LogP contribution in [0.5, 0.6) is 0 Å². The standard InChI is InChI=1S/C24H27N3O3/c1-17(28)27-21-10-5-4-8-19(21)15-22(27)24(30)25-13-6-11-23(29)26-14-12-18-7-2-3-9-20(18)16-26/h2-5,7-10,22H,6,11-16H2,1H3,(H,25,30)/t22-/m0/s1. The highest BCUT2D eigenvalue weighted by molar-refractivity contribution is 6.02. The molecule has 30 heavy (non-hydrogen) atoms. The average molecular weight is 405 g/mol. The molecule has 0 saturated heterocycles. The van der Waals surface area contributed by atoms with Gasteiger partial charge in [0, 0.05) is 45.1 Å². The van der Waals surface area contributed by atoms with Gasteiger partial charge in [-0.25, -0.2) is 0 Å². The van der Waals surface area contributed by atoms with Crippen LogP contribution in [0.3, 0.4) is 0 Å². The molecular weight excluding hydrogens is 378 g/mol. The fraction of sp³-hybridized carbons (Fsp3) is 0.375. The van der Waals surface area contributed by atoms with Gasteiger partial charge in [-0.2, -0.15) is 0 Å². The van der Waals surface area contributed by atoms with Crippen LogP contribution in [0.1, 0.15) is 36.5 Å². The summed E-state index contributed by atoms with van der Waals surface area (Å²) in [5.41, 5.74) is 4.36. The maximum absolute atomic E-state index is 12.7. The Bertz CT molecular complexity index is 972. The highest BCUT2D eigenvalue weighted by Gasteiger charge is 2.36. The number of nitrogens with zero attached hydrogens (tertiary/aromatic N) is 2. The number of carbonyl (C=O) groups is 3. The maximum Gasteiger partial charge on any atom is 0.243 e. The average Bonchev–Trinajstić information content (AvgIpc) is 3.16. The van der Waals surface area contributed by atoms with Crippen LogP contribution in [0.2, 0.25) is 0 Å². The van der Waals surface area contributed by atoms with E-state index < -0.39 is 6.04 Å². The third-order valence-corrected chi connectivity index (χ3v) is 5.97. The Morgan fingerprint density at radius 3 is 2.47 bits per heavy atom. The zero-order chi connectivity index (χ0) is 21.1. The molecule has 0 spiro atoms. The molecule has 6 heteroatoms. The molecule has 2 aromatic carbocycles. The van der Waals surface area contributed by atoms with E-state index in [4.69, 9.17) is 0 Å². The number of benzene rings is 2. The van der Waals surface area contributed by atoms with Crippen molar-refractivity contribution >= 4 is 23.4 Å². The Morgan fingerprint density at radius 2 is 1.70 bits per heavy atom. The number of fused-ring (bicyclic) bond motifs is 2. The minimum absolute atomic E-state index is 0.123. The largest absolute Gasteiger partial charge is 0.354 e. The number of amides is 3. The molecule has 2 aliphatic rings. The van der Waals surface area contributed by atoms with E-state index in [1.165, 1.54) is 18.1 Å². The van der Waals surface area contributed by atoms with E-state index in [-0.39, 0.29) is 17.7 Å². The predicted molar refractivity (Wildman–Crippen MR) is 115 cm³/mol. The monoisotopic (exact) mass is 405 g/mol. The summed E-state index contributed by atoms with van der Waals surface area (Å²) in [6, 6.07) is 15.3. The van der Waals surface area contributed by atoms with Crippen LogP contribution in [0.15, 0.2) is 48.5 Å². The summed E-state index contributed by atoms with van der Waals surface area (Å²) in [6.45, 7) is 3.32. The van der Waals surface area contributed by atoms with E-state index in [9.17, 15) is 14.4 Å². The Balaban J connectivity index is 1.25. The first-order valence-electron chi connectivity index (χ1n) is 10.5. The molecular formula is C24H27N3O3. The zero-order valence-electron chi connectivity index (χ0n) is 17.3. The van der Waals surface area contributed by atoms with Crippen molar-refractivity contribution in [1.82, 2.24) is 10.2 Å². The zero-order valence-corrected chi connectivity index (χ0v) is 17.3. The molecule has 0 unspecified atom stereocenters. The van der Waals surface area contributed by atoms with Gasteiger partial charge < -0.3 is 10.2 Å². The van der Waals surface area contributed by atoms with E-state index >= 15 is 0 Å². The molecule has 0 aliphatic carbocycles. The van der Waals surface area contributed by atoms with Crippen LogP contribution in [0.4, 0.5) is 5.69 Å². The van der Waals surface area contributed by atoms with Crippen molar-refractivity contribution in [3.63, 3.8) is 0 Å². The van der Waals surface area contributed by atoms with Crippen LogP contribution in [0, 0.1) is 0 Å². The molecule has 0 radical (unpaired) electrons. The van der Waals surface area contributed by atoms with Crippen LogP contribution < -0.4 is 10.2 Å². The summed E-state index contributed by atoms with van der Waals surface area (Å²) in [7, 11) is 0. The Kier molecular flexibility index (Phi) is 5.84. The molecule has 1 N–H and O–H groups in total. The molecule has 3 amide bonds. The summed E-state index contributed by atoms with van der Waals surface area (Å²) < 4.78 is 0. The second-order valence-corrected chi connectivity index (χ2v) is 7.97. The van der Waals surface area contributed by atoms with E-state index in [2.05, 4.69) is 17.4 Å². The van der Waals surface area contributed by atoms with Crippen molar-refractivity contribution in [2.24, 2.45) is 0 Å². The second kappa shape index (κ2) is 8.69. The summed E-state index contributed by atoms with van der Waals surface area (Å²) in [4.78, 5) is 40.8. The normalized spacial score (nSPS) is 17.3. The van der Waals surface area contributed by atoms with Gasteiger partial charge in [0.05, 0.1) is 0 Å². The Labute approximate surface area is 176 Å². The molecule has 1 atom stereocenters. The first kappa shape index (κ1) is 20.1. The molecule has 6 nitrogen and oxygen atoms in total. The van der Waals surface area contributed by atoms with Gasteiger partial charge in [0.15, 0.2) is 0 Å². The molecule has 0 aromatic heterocycles. The molecule has 0 fully saturated rings. The van der Waals surface area contributed by atoms with E-state index in [1.807, 2.05) is 41.3 Å². The van der Waals surface area contributed by atoms with Crippen molar-refractivity contribution in [3.8, 4) is 0 Å². The third-order valence-electron chi connectivity index (χ3n) is 5.97. The molecule has 2 heterocycles. The summed E-state index contributed by atoms with van der Waals surface area (Å²) in [6.07, 6.45) is 2.40. The quantitative estimate of drug-likeness (QED) is 0.777. The van der Waals surface area contributed by atoms with E-state index in [0.29, 0.717) is 32.4 Å². The SMILES string of the molecule is CC(=O)N1c2ccccc2C[C@H]1C(=O)NCCCC(=O)N1CCc2ccccc2C1. The molecule has 0 saturated carbocycles. The first-order valence-corrected chi connectivity index (χ1v) is 10.5. The molecule has 2 aromatic rings. The fourth-order valence-electron chi connectivity index (χ4n) is 4.42. The van der Waals surface area contributed by atoms with Gasteiger partial charge in [0.1, 0.15) is 6.04 Å². The Morgan fingerprint density at radius 1 is 1.00 bits per heavy atom. The lowest BCUT2D eigenvalue weighted by atomic mass is 9.99. The van der Waals surface area contributed by atoms with Crippen molar-refractivity contribution in [3.05, 3.63) is 65.2 Å². The van der Waals surface area contributed by atoms with Crippen molar-refractivity contribution in [2.45, 2.75) is 45.2 Å². The molecule has 156 valence electrons. The van der Waals surface area contributed by atoms with Gasteiger partial charge in [0.2, 0.25) is 17.7 Å². The lowest BCUT2D eigenvalue weighted by Gasteiger charge is -2.29. The van der Waals surface area contributed by atoms with Crippen LogP contribution in [-0.2, 0) is 33.8 Å². The highest BCUT2D eigenvalue weighted by atomic mass is 16.2. The van der Waals surface area contributed by atoms with Gasteiger partial charge in [0.25, 0.3) is 0 Å². The molecule has 0 bridgehead atoms. The lowest BCUT2D eigenvalue weighted by Crippen LogP contribution is -2.47. The Hall–Kier alpha value is -3.15. The van der Waals surface area contributed by atoms with Crippen LogP contribution in [-0.4, -0.2) is 41.8 Å². The van der Waals surface area contributed by atoms with E-state index in [1.54, 1.807) is 4.90 Å². The van der Waals surface area contributed by atoms with E-state index in [0.717, 1.165) is 24.2 Å². The fourth-order valence-corrected chi connectivity index (χ4v) is 4.42. The van der Waals surface area contributed by atoms with Crippen molar-refractivity contribution in [1.29, 1.82) is 0 Å². The number of para-hydroxylation sites is 1. The third kappa shape index (κ3) is 4.08. The molecule has 4 rings (SSSR count). The topological polar surface area (TPSA) is 69.7 Å². The number of anilines is 1. The van der Waals surface area contributed by atoms with Crippen molar-refractivity contribution < 1.29 is 14.4 Å². The van der Waals surface area contributed by atoms with Gasteiger partial charge in [-0.3, -0.25) is 19.3 Å². The first-order chi connectivity index (χ1) is 14.5. The van der Waals surface area contributed by atoms with Crippen LogP contribution >= 0.6 is 0 Å². The lowest BCUT2D eigenvalue weighted by molar-refractivity contribution is -0.132. The summed E-state index contributed by atoms with van der Waals surface area (Å²) >= 11 is 0. The van der Waals surface area contributed by atoms with Crippen molar-refractivity contribution in [2.75, 3.05) is 18.0 Å². The highest BCUT2D eigenvalue weighted by Crippen LogP contribution is 2.32. The number of hydrogen-bond acceptors (Lipinski definition) is 3. The van der Waals surface area contributed by atoms with Crippen LogP contribution in [0.25, 0.3) is 0 Å². The number of hydrogen-bond donors (Lipinski definition) is 1. The smallest absolute Gasteiger partial charge is 0.243 e. The van der Waals surface area contributed by atoms with Gasteiger partial charge >= 0.3 is 0 Å². The summed E-state index contributed by atoms with van der Waals surface area (Å²) in [5.74, 6) is -0.182. The number of rotatable bonds is 5. The second-order valence-electron chi connectivity index (χ2n) is 7.97.